The summed E-state index contributed by atoms with van der Waals surface area (Å²) >= 11 is 0. The highest BCUT2D eigenvalue weighted by molar-refractivity contribution is 5.99. The summed E-state index contributed by atoms with van der Waals surface area (Å²) in [4.78, 5) is 36.4. The molecule has 0 unspecified atom stereocenters. The number of ether oxygens (including phenoxy) is 1. The van der Waals surface area contributed by atoms with E-state index in [1.807, 2.05) is 6.07 Å². The SMILES string of the molecule is C[C@@H](OC(=O)c1ccc([N+](=O)[O-])cc1)C(=O)N(CCC#N)c1ccccc1. The van der Waals surface area contributed by atoms with Crippen molar-refractivity contribution in [3.63, 3.8) is 0 Å². The molecular weight excluding hydrogens is 350 g/mol. The molecule has 1 atom stereocenters. The molecule has 0 heterocycles. The molecule has 0 aliphatic carbocycles. The number of nitrogens with zero attached hydrogens (tertiary/aromatic N) is 3. The highest BCUT2D eigenvalue weighted by atomic mass is 16.6. The normalized spacial score (nSPS) is 11.1. The molecular formula is C19H17N3O5. The van der Waals surface area contributed by atoms with E-state index in [1.54, 1.807) is 30.3 Å². The quantitative estimate of drug-likeness (QED) is 0.422. The molecule has 1 amide bonds. The zero-order valence-electron chi connectivity index (χ0n) is 14.6. The van der Waals surface area contributed by atoms with E-state index in [1.165, 1.54) is 36.1 Å². The van der Waals surface area contributed by atoms with E-state index in [0.717, 1.165) is 0 Å². The number of nitro groups is 1. The van der Waals surface area contributed by atoms with Gasteiger partial charge in [0.15, 0.2) is 6.10 Å². The number of esters is 1. The van der Waals surface area contributed by atoms with Crippen molar-refractivity contribution in [3.05, 3.63) is 70.3 Å². The van der Waals surface area contributed by atoms with Crippen molar-refractivity contribution in [1.82, 2.24) is 0 Å². The predicted octanol–water partition coefficient (Wildman–Crippen LogP) is 3.09. The Morgan fingerprint density at radius 2 is 1.81 bits per heavy atom. The second-order valence-corrected chi connectivity index (χ2v) is 5.59. The van der Waals surface area contributed by atoms with Crippen molar-refractivity contribution in [1.29, 1.82) is 5.26 Å². The van der Waals surface area contributed by atoms with Gasteiger partial charge >= 0.3 is 5.97 Å². The average Bonchev–Trinajstić information content (AvgIpc) is 2.68. The van der Waals surface area contributed by atoms with Gasteiger partial charge in [0, 0.05) is 24.4 Å². The Balaban J connectivity index is 2.10. The number of nitriles is 1. The lowest BCUT2D eigenvalue weighted by Crippen LogP contribution is -2.40. The first-order valence-electron chi connectivity index (χ1n) is 8.13. The maximum Gasteiger partial charge on any atom is 0.338 e. The van der Waals surface area contributed by atoms with Gasteiger partial charge in [0.05, 0.1) is 23.0 Å². The molecule has 0 saturated carbocycles. The summed E-state index contributed by atoms with van der Waals surface area (Å²) in [7, 11) is 0. The number of benzene rings is 2. The zero-order chi connectivity index (χ0) is 19.8. The fourth-order valence-electron chi connectivity index (χ4n) is 2.35. The summed E-state index contributed by atoms with van der Waals surface area (Å²) < 4.78 is 5.20. The van der Waals surface area contributed by atoms with Crippen molar-refractivity contribution in [2.45, 2.75) is 19.4 Å². The number of nitro benzene ring substituents is 1. The lowest BCUT2D eigenvalue weighted by atomic mass is 10.2. The molecule has 138 valence electrons. The van der Waals surface area contributed by atoms with Crippen molar-refractivity contribution in [2.75, 3.05) is 11.4 Å². The van der Waals surface area contributed by atoms with Crippen LogP contribution in [-0.2, 0) is 9.53 Å². The second-order valence-electron chi connectivity index (χ2n) is 5.59. The van der Waals surface area contributed by atoms with Crippen molar-refractivity contribution < 1.29 is 19.2 Å². The fourth-order valence-corrected chi connectivity index (χ4v) is 2.35. The summed E-state index contributed by atoms with van der Waals surface area (Å²) in [5.41, 5.74) is 0.543. The number of para-hydroxylation sites is 1. The lowest BCUT2D eigenvalue weighted by Gasteiger charge is -2.25. The molecule has 0 aromatic heterocycles. The summed E-state index contributed by atoms with van der Waals surface area (Å²) in [6, 6.07) is 15.7. The molecule has 0 radical (unpaired) electrons. The molecule has 0 bridgehead atoms. The number of carbonyl (C=O) groups excluding carboxylic acids is 2. The maximum atomic E-state index is 12.7. The monoisotopic (exact) mass is 367 g/mol. The molecule has 0 spiro atoms. The van der Waals surface area contributed by atoms with Crippen LogP contribution in [0.3, 0.4) is 0 Å². The van der Waals surface area contributed by atoms with Crippen LogP contribution >= 0.6 is 0 Å². The van der Waals surface area contributed by atoms with Crippen LogP contribution in [0.1, 0.15) is 23.7 Å². The van der Waals surface area contributed by atoms with Crippen LogP contribution in [0.5, 0.6) is 0 Å². The Bertz CT molecular complexity index is 859. The second kappa shape index (κ2) is 9.10. The molecule has 2 aromatic carbocycles. The van der Waals surface area contributed by atoms with Gasteiger partial charge in [0.1, 0.15) is 0 Å². The summed E-state index contributed by atoms with van der Waals surface area (Å²) in [5.74, 6) is -1.23. The van der Waals surface area contributed by atoms with E-state index >= 15 is 0 Å². The standard InChI is InChI=1S/C19H17N3O5/c1-14(27-19(24)15-8-10-17(11-9-15)22(25)26)18(23)21(13-5-12-20)16-6-3-2-4-7-16/h2-4,6-11,14H,5,13H2,1H3/t14-/m1/s1. The summed E-state index contributed by atoms with van der Waals surface area (Å²) in [6.45, 7) is 1.60. The number of rotatable bonds is 7. The van der Waals surface area contributed by atoms with Crippen molar-refractivity contribution in [2.24, 2.45) is 0 Å². The number of hydrogen-bond donors (Lipinski definition) is 0. The minimum atomic E-state index is -1.09. The van der Waals surface area contributed by atoms with Gasteiger partial charge in [-0.25, -0.2) is 4.79 Å². The Labute approximate surface area is 155 Å². The minimum absolute atomic E-state index is 0.100. The molecule has 8 nitrogen and oxygen atoms in total. The van der Waals surface area contributed by atoms with Crippen LogP contribution in [0.15, 0.2) is 54.6 Å². The van der Waals surface area contributed by atoms with Gasteiger partial charge in [-0.2, -0.15) is 5.26 Å². The van der Waals surface area contributed by atoms with Crippen LogP contribution in [0.4, 0.5) is 11.4 Å². The van der Waals surface area contributed by atoms with Gasteiger partial charge in [-0.05, 0) is 31.2 Å². The van der Waals surface area contributed by atoms with E-state index in [-0.39, 0.29) is 24.2 Å². The first kappa shape index (κ1) is 19.6. The van der Waals surface area contributed by atoms with Gasteiger partial charge in [0.25, 0.3) is 11.6 Å². The average molecular weight is 367 g/mol. The Hall–Kier alpha value is -3.73. The van der Waals surface area contributed by atoms with E-state index in [4.69, 9.17) is 10.00 Å². The third-order valence-electron chi connectivity index (χ3n) is 3.73. The van der Waals surface area contributed by atoms with Gasteiger partial charge in [-0.1, -0.05) is 18.2 Å². The Kier molecular flexibility index (Phi) is 6.61. The molecule has 8 heteroatoms. The van der Waals surface area contributed by atoms with E-state index in [0.29, 0.717) is 5.69 Å². The van der Waals surface area contributed by atoms with E-state index in [9.17, 15) is 19.7 Å². The summed E-state index contributed by atoms with van der Waals surface area (Å²) in [6.07, 6.45) is -0.962. The van der Waals surface area contributed by atoms with Crippen LogP contribution in [0.25, 0.3) is 0 Å². The number of anilines is 1. The number of carbonyl (C=O) groups is 2. The van der Waals surface area contributed by atoms with E-state index < -0.39 is 22.9 Å². The number of non-ortho nitro benzene ring substituents is 1. The van der Waals surface area contributed by atoms with Gasteiger partial charge < -0.3 is 9.64 Å². The highest BCUT2D eigenvalue weighted by Crippen LogP contribution is 2.17. The maximum absolute atomic E-state index is 12.7. The van der Waals surface area contributed by atoms with Crippen LogP contribution in [-0.4, -0.2) is 29.4 Å². The third-order valence-corrected chi connectivity index (χ3v) is 3.73. The first-order chi connectivity index (χ1) is 12.9. The molecule has 2 rings (SSSR count). The minimum Gasteiger partial charge on any atom is -0.449 e. The molecule has 0 fully saturated rings. The van der Waals surface area contributed by atoms with Crippen molar-refractivity contribution >= 4 is 23.3 Å². The lowest BCUT2D eigenvalue weighted by molar-refractivity contribution is -0.384. The van der Waals surface area contributed by atoms with Crippen molar-refractivity contribution in [3.8, 4) is 6.07 Å². The Morgan fingerprint density at radius 1 is 1.19 bits per heavy atom. The van der Waals surface area contributed by atoms with Gasteiger partial charge in [-0.3, -0.25) is 14.9 Å². The smallest absolute Gasteiger partial charge is 0.338 e. The van der Waals surface area contributed by atoms with Gasteiger partial charge in [-0.15, -0.1) is 0 Å². The fraction of sp³-hybridized carbons (Fsp3) is 0.211. The largest absolute Gasteiger partial charge is 0.449 e. The molecule has 0 saturated heterocycles. The van der Waals surface area contributed by atoms with Crippen LogP contribution in [0, 0.1) is 21.4 Å². The third kappa shape index (κ3) is 5.12. The molecule has 2 aromatic rings. The van der Waals surface area contributed by atoms with E-state index in [2.05, 4.69) is 0 Å². The zero-order valence-corrected chi connectivity index (χ0v) is 14.6. The molecule has 0 N–H and O–H groups in total. The molecule has 0 aliphatic heterocycles. The van der Waals surface area contributed by atoms with Gasteiger partial charge in [0.2, 0.25) is 0 Å². The number of hydrogen-bond acceptors (Lipinski definition) is 6. The molecule has 0 aliphatic rings. The summed E-state index contributed by atoms with van der Waals surface area (Å²) in [5, 5.41) is 19.5. The number of amides is 1. The highest BCUT2D eigenvalue weighted by Gasteiger charge is 2.25. The van der Waals surface area contributed by atoms with Crippen LogP contribution in [0.2, 0.25) is 0 Å². The van der Waals surface area contributed by atoms with Crippen LogP contribution < -0.4 is 4.90 Å². The predicted molar refractivity (Wildman–Crippen MR) is 97.0 cm³/mol. The Morgan fingerprint density at radius 3 is 2.37 bits per heavy atom. The molecule has 27 heavy (non-hydrogen) atoms. The first-order valence-corrected chi connectivity index (χ1v) is 8.13. The topological polar surface area (TPSA) is 114 Å².